The summed E-state index contributed by atoms with van der Waals surface area (Å²) in [5.74, 6) is 2.71. The van der Waals surface area contributed by atoms with Gasteiger partial charge in [-0.2, -0.15) is 11.8 Å². The highest BCUT2D eigenvalue weighted by atomic mass is 32.2. The molecule has 0 bridgehead atoms. The summed E-state index contributed by atoms with van der Waals surface area (Å²) in [4.78, 5) is 2.46. The van der Waals surface area contributed by atoms with Gasteiger partial charge in [-0.25, -0.2) is 0 Å². The van der Waals surface area contributed by atoms with E-state index >= 15 is 0 Å². The lowest BCUT2D eigenvalue weighted by Gasteiger charge is -2.34. The molecule has 1 N–H and O–H groups in total. The third-order valence-corrected chi connectivity index (χ3v) is 4.47. The van der Waals surface area contributed by atoms with Crippen LogP contribution in [-0.4, -0.2) is 48.6 Å². The minimum atomic E-state index is 0.762. The second-order valence-corrected chi connectivity index (χ2v) is 5.83. The van der Waals surface area contributed by atoms with Gasteiger partial charge in [0, 0.05) is 24.4 Å². The van der Waals surface area contributed by atoms with E-state index in [2.05, 4.69) is 29.0 Å². The van der Waals surface area contributed by atoms with Crippen LogP contribution in [0.25, 0.3) is 0 Å². The van der Waals surface area contributed by atoms with E-state index in [9.17, 15) is 0 Å². The van der Waals surface area contributed by atoms with Crippen LogP contribution in [0.5, 0.6) is 0 Å². The first-order chi connectivity index (χ1) is 6.84. The van der Waals surface area contributed by atoms with Crippen LogP contribution >= 0.6 is 11.8 Å². The molecule has 0 radical (unpaired) electrons. The molecule has 82 valence electrons. The molecular weight excluding hydrogens is 192 g/mol. The normalized spacial score (nSPS) is 35.8. The predicted octanol–water partition coefficient (Wildman–Crippen LogP) is 1.57. The van der Waals surface area contributed by atoms with Crippen molar-refractivity contribution in [2.24, 2.45) is 0 Å². The first-order valence-electron chi connectivity index (χ1n) is 5.87. The molecule has 2 aliphatic heterocycles. The molecule has 2 atom stereocenters. The molecule has 3 heteroatoms. The fourth-order valence-electron chi connectivity index (χ4n) is 2.51. The van der Waals surface area contributed by atoms with Crippen LogP contribution in [0.15, 0.2) is 0 Å². The van der Waals surface area contributed by atoms with Crippen LogP contribution in [-0.2, 0) is 0 Å². The number of rotatable bonds is 2. The van der Waals surface area contributed by atoms with E-state index in [0.29, 0.717) is 0 Å². The molecule has 0 spiro atoms. The van der Waals surface area contributed by atoms with Gasteiger partial charge < -0.3 is 10.2 Å². The number of hydrogen-bond acceptors (Lipinski definition) is 3. The largest absolute Gasteiger partial charge is 0.309 e. The Morgan fingerprint density at radius 3 is 2.79 bits per heavy atom. The molecule has 2 unspecified atom stereocenters. The summed E-state index contributed by atoms with van der Waals surface area (Å²) >= 11 is 2.12. The summed E-state index contributed by atoms with van der Waals surface area (Å²) in [6.07, 6.45) is 5.55. The highest BCUT2D eigenvalue weighted by molar-refractivity contribution is 7.99. The predicted molar refractivity (Wildman–Crippen MR) is 64.0 cm³/mol. The van der Waals surface area contributed by atoms with Gasteiger partial charge in [0.2, 0.25) is 0 Å². The van der Waals surface area contributed by atoms with Crippen molar-refractivity contribution in [1.29, 1.82) is 0 Å². The number of likely N-dealkylation sites (tertiary alicyclic amines) is 1. The third kappa shape index (κ3) is 3.14. The average molecular weight is 214 g/mol. The summed E-state index contributed by atoms with van der Waals surface area (Å²) in [7, 11) is 2.24. The van der Waals surface area contributed by atoms with Gasteiger partial charge in [0.1, 0.15) is 0 Å². The van der Waals surface area contributed by atoms with E-state index in [4.69, 9.17) is 0 Å². The Kier molecular flexibility index (Phi) is 4.14. The highest BCUT2D eigenvalue weighted by Gasteiger charge is 2.21. The summed E-state index contributed by atoms with van der Waals surface area (Å²) in [6.45, 7) is 2.54. The van der Waals surface area contributed by atoms with Crippen molar-refractivity contribution in [3.63, 3.8) is 0 Å². The number of nitrogens with one attached hydrogen (secondary N) is 1. The fraction of sp³-hybridized carbons (Fsp3) is 1.00. The second kappa shape index (κ2) is 5.38. The number of nitrogens with zero attached hydrogens (tertiary/aromatic N) is 1. The minimum Gasteiger partial charge on any atom is -0.309 e. The van der Waals surface area contributed by atoms with Gasteiger partial charge >= 0.3 is 0 Å². The molecule has 2 nitrogen and oxygen atoms in total. The van der Waals surface area contributed by atoms with Gasteiger partial charge in [0.05, 0.1) is 0 Å². The van der Waals surface area contributed by atoms with Crippen LogP contribution < -0.4 is 5.32 Å². The van der Waals surface area contributed by atoms with Crippen molar-refractivity contribution in [2.75, 3.05) is 31.6 Å². The number of likely N-dealkylation sites (N-methyl/N-ethyl adjacent to an activating group) is 1. The van der Waals surface area contributed by atoms with Gasteiger partial charge in [0.15, 0.2) is 0 Å². The van der Waals surface area contributed by atoms with Crippen molar-refractivity contribution in [1.82, 2.24) is 10.2 Å². The molecule has 0 amide bonds. The Balaban J connectivity index is 1.72. The zero-order valence-electron chi connectivity index (χ0n) is 9.17. The first-order valence-corrected chi connectivity index (χ1v) is 7.02. The third-order valence-electron chi connectivity index (χ3n) is 3.26. The summed E-state index contributed by atoms with van der Waals surface area (Å²) in [5.41, 5.74) is 0. The second-order valence-electron chi connectivity index (χ2n) is 4.68. The maximum absolute atomic E-state index is 3.83. The quantitative estimate of drug-likeness (QED) is 0.751. The topological polar surface area (TPSA) is 15.3 Å². The number of thioether (sulfide) groups is 1. The monoisotopic (exact) mass is 214 g/mol. The van der Waals surface area contributed by atoms with Gasteiger partial charge in [0.25, 0.3) is 0 Å². The lowest BCUT2D eigenvalue weighted by atomic mass is 10.0. The standard InChI is InChI=1S/C11H22N2S/c1-13-6-2-4-10(8-13)12-11-5-3-7-14-9-11/h10-12H,2-9H2,1H3. The lowest BCUT2D eigenvalue weighted by molar-refractivity contribution is 0.216. The fourth-order valence-corrected chi connectivity index (χ4v) is 3.59. The van der Waals surface area contributed by atoms with Crippen LogP contribution in [0.3, 0.4) is 0 Å². The average Bonchev–Trinajstić information content (AvgIpc) is 2.19. The molecule has 2 rings (SSSR count). The van der Waals surface area contributed by atoms with Crippen LogP contribution in [0.4, 0.5) is 0 Å². The molecule has 0 aromatic rings. The molecule has 14 heavy (non-hydrogen) atoms. The number of piperidine rings is 1. The number of hydrogen-bond donors (Lipinski definition) is 1. The summed E-state index contributed by atoms with van der Waals surface area (Å²) in [6, 6.07) is 1.56. The molecule has 0 aromatic heterocycles. The minimum absolute atomic E-state index is 0.762. The smallest absolute Gasteiger partial charge is 0.0198 e. The summed E-state index contributed by atoms with van der Waals surface area (Å²) in [5, 5.41) is 3.83. The maximum Gasteiger partial charge on any atom is 0.0198 e. The molecule has 2 aliphatic rings. The molecule has 0 aliphatic carbocycles. The van der Waals surface area contributed by atoms with Crippen molar-refractivity contribution in [3.8, 4) is 0 Å². The van der Waals surface area contributed by atoms with Crippen molar-refractivity contribution in [3.05, 3.63) is 0 Å². The van der Waals surface area contributed by atoms with Crippen molar-refractivity contribution < 1.29 is 0 Å². The van der Waals surface area contributed by atoms with E-state index in [1.165, 1.54) is 50.3 Å². The SMILES string of the molecule is CN1CCCC(NC2CCCSC2)C1. The highest BCUT2D eigenvalue weighted by Crippen LogP contribution is 2.18. The van der Waals surface area contributed by atoms with E-state index in [1.54, 1.807) is 0 Å². The zero-order chi connectivity index (χ0) is 9.80. The summed E-state index contributed by atoms with van der Waals surface area (Å²) < 4.78 is 0. The Morgan fingerprint density at radius 2 is 2.07 bits per heavy atom. The van der Waals surface area contributed by atoms with Gasteiger partial charge in [-0.1, -0.05) is 0 Å². The van der Waals surface area contributed by atoms with Gasteiger partial charge in [-0.05, 0) is 45.0 Å². The molecule has 0 aromatic carbocycles. The zero-order valence-corrected chi connectivity index (χ0v) is 9.98. The van der Waals surface area contributed by atoms with E-state index in [0.717, 1.165) is 12.1 Å². The van der Waals surface area contributed by atoms with Crippen LogP contribution in [0.2, 0.25) is 0 Å². The molecule has 2 saturated heterocycles. The Morgan fingerprint density at radius 1 is 1.21 bits per heavy atom. The molecular formula is C11H22N2S. The Labute approximate surface area is 91.8 Å². The van der Waals surface area contributed by atoms with Crippen LogP contribution in [0, 0.1) is 0 Å². The van der Waals surface area contributed by atoms with E-state index in [1.807, 2.05) is 0 Å². The van der Waals surface area contributed by atoms with Crippen LogP contribution in [0.1, 0.15) is 25.7 Å². The first kappa shape index (κ1) is 10.8. The lowest BCUT2D eigenvalue weighted by Crippen LogP contribution is -2.49. The maximum atomic E-state index is 3.83. The Hall–Kier alpha value is 0.270. The van der Waals surface area contributed by atoms with E-state index < -0.39 is 0 Å². The van der Waals surface area contributed by atoms with E-state index in [-0.39, 0.29) is 0 Å². The van der Waals surface area contributed by atoms with Gasteiger partial charge in [-0.15, -0.1) is 0 Å². The Bertz CT molecular complexity index is 169. The molecule has 2 heterocycles. The molecule has 2 fully saturated rings. The van der Waals surface area contributed by atoms with Crippen molar-refractivity contribution in [2.45, 2.75) is 37.8 Å². The van der Waals surface area contributed by atoms with Crippen molar-refractivity contribution >= 4 is 11.8 Å². The van der Waals surface area contributed by atoms with Gasteiger partial charge in [-0.3, -0.25) is 0 Å². The molecule has 0 saturated carbocycles.